The highest BCUT2D eigenvalue weighted by Gasteiger charge is 2.71. The topological polar surface area (TPSA) is 57.5 Å². The van der Waals surface area contributed by atoms with Crippen LogP contribution in [-0.4, -0.2) is 27.8 Å². The SMILES string of the molecule is C[C@]12CC[C@H]3[C@@H](CCC4=C(O)C(=O)CC[C@@H]43)[C@@H]1CC[C@]2(O)C(F)(F)F. The van der Waals surface area contributed by atoms with E-state index in [0.717, 1.165) is 5.57 Å². The van der Waals surface area contributed by atoms with E-state index in [9.17, 15) is 28.2 Å². The van der Waals surface area contributed by atoms with Gasteiger partial charge >= 0.3 is 6.18 Å². The van der Waals surface area contributed by atoms with Crippen LogP contribution in [0.5, 0.6) is 0 Å². The average Bonchev–Trinajstić information content (AvgIpc) is 2.83. The quantitative estimate of drug-likeness (QED) is 0.678. The lowest BCUT2D eigenvalue weighted by Crippen LogP contribution is -2.59. The Labute approximate surface area is 145 Å². The Morgan fingerprint density at radius 1 is 1.04 bits per heavy atom. The maximum absolute atomic E-state index is 13.6. The average molecular weight is 358 g/mol. The predicted molar refractivity (Wildman–Crippen MR) is 84.7 cm³/mol. The molecule has 0 spiro atoms. The summed E-state index contributed by atoms with van der Waals surface area (Å²) < 4.78 is 40.9. The molecule has 6 atom stereocenters. The van der Waals surface area contributed by atoms with E-state index in [1.54, 1.807) is 6.92 Å². The molecular weight excluding hydrogens is 333 g/mol. The second-order valence-electron chi connectivity index (χ2n) is 8.77. The fourth-order valence-electron chi connectivity index (χ4n) is 6.75. The smallest absolute Gasteiger partial charge is 0.417 e. The van der Waals surface area contributed by atoms with Gasteiger partial charge in [0.05, 0.1) is 0 Å². The minimum atomic E-state index is -4.60. The van der Waals surface area contributed by atoms with Gasteiger partial charge in [-0.2, -0.15) is 13.2 Å². The molecule has 0 aromatic heterocycles. The molecule has 140 valence electrons. The lowest BCUT2D eigenvalue weighted by Gasteiger charge is -2.55. The van der Waals surface area contributed by atoms with Crippen molar-refractivity contribution in [1.29, 1.82) is 0 Å². The highest BCUT2D eigenvalue weighted by atomic mass is 19.4. The Balaban J connectivity index is 1.67. The van der Waals surface area contributed by atoms with Gasteiger partial charge in [0.25, 0.3) is 0 Å². The normalized spacial score (nSPS) is 47.3. The van der Waals surface area contributed by atoms with E-state index in [0.29, 0.717) is 44.9 Å². The van der Waals surface area contributed by atoms with Gasteiger partial charge in [-0.25, -0.2) is 0 Å². The number of carbonyl (C=O) groups is 1. The minimum absolute atomic E-state index is 0.0822. The van der Waals surface area contributed by atoms with Crippen molar-refractivity contribution in [3.05, 3.63) is 11.3 Å². The van der Waals surface area contributed by atoms with E-state index >= 15 is 0 Å². The summed E-state index contributed by atoms with van der Waals surface area (Å²) in [5.74, 6) is 0.0798. The molecule has 0 heterocycles. The Kier molecular flexibility index (Phi) is 3.64. The first kappa shape index (κ1) is 17.4. The summed E-state index contributed by atoms with van der Waals surface area (Å²) in [6, 6.07) is 0. The molecule has 3 nitrogen and oxygen atoms in total. The van der Waals surface area contributed by atoms with Gasteiger partial charge in [-0.05, 0) is 74.2 Å². The maximum atomic E-state index is 13.6. The second-order valence-corrected chi connectivity index (χ2v) is 8.77. The molecule has 0 amide bonds. The number of fused-ring (bicyclic) bond motifs is 5. The summed E-state index contributed by atoms with van der Waals surface area (Å²) in [5.41, 5.74) is -2.87. The largest absolute Gasteiger partial charge is 0.504 e. The number of carbonyl (C=O) groups excluding carboxylic acids is 1. The molecule has 4 aliphatic rings. The lowest BCUT2D eigenvalue weighted by molar-refractivity contribution is -0.302. The first-order valence-corrected chi connectivity index (χ1v) is 9.34. The number of hydrogen-bond donors (Lipinski definition) is 2. The van der Waals surface area contributed by atoms with E-state index in [2.05, 4.69) is 0 Å². The van der Waals surface area contributed by atoms with Gasteiger partial charge in [0.15, 0.2) is 17.1 Å². The molecule has 3 fully saturated rings. The fraction of sp³-hybridized carbons (Fsp3) is 0.842. The summed E-state index contributed by atoms with van der Waals surface area (Å²) in [7, 11) is 0. The van der Waals surface area contributed by atoms with Crippen molar-refractivity contribution in [3.63, 3.8) is 0 Å². The van der Waals surface area contributed by atoms with Crippen LogP contribution in [0.2, 0.25) is 0 Å². The van der Waals surface area contributed by atoms with Crippen LogP contribution in [0.1, 0.15) is 58.3 Å². The van der Waals surface area contributed by atoms with Crippen molar-refractivity contribution < 1.29 is 28.2 Å². The molecule has 3 saturated carbocycles. The predicted octanol–water partition coefficient (Wildman–Crippen LogP) is 4.31. The highest BCUT2D eigenvalue weighted by Crippen LogP contribution is 2.67. The number of halogens is 3. The number of aliphatic hydroxyl groups is 2. The van der Waals surface area contributed by atoms with Gasteiger partial charge in [-0.15, -0.1) is 0 Å². The molecule has 4 aliphatic carbocycles. The third-order valence-corrected chi connectivity index (χ3v) is 8.08. The molecule has 0 aromatic carbocycles. The van der Waals surface area contributed by atoms with Crippen molar-refractivity contribution in [2.24, 2.45) is 29.1 Å². The molecule has 0 unspecified atom stereocenters. The maximum Gasteiger partial charge on any atom is 0.417 e. The van der Waals surface area contributed by atoms with Crippen molar-refractivity contribution in [3.8, 4) is 0 Å². The Hall–Kier alpha value is -1.04. The molecule has 25 heavy (non-hydrogen) atoms. The summed E-state index contributed by atoms with van der Waals surface area (Å²) in [5, 5.41) is 20.7. The standard InChI is InChI=1S/C19H25F3O3/c1-17-8-6-11-10-4-5-15(23)16(24)13(10)3-2-12(11)14(17)7-9-18(17,25)19(20,21)22/h10-12,14,24-25H,2-9H2,1H3/t10-,11-,12-,14+,17+,18-/m1/s1. The van der Waals surface area contributed by atoms with Crippen molar-refractivity contribution in [2.75, 3.05) is 0 Å². The molecule has 0 bridgehead atoms. The third kappa shape index (κ3) is 2.12. The molecular formula is C19H25F3O3. The Morgan fingerprint density at radius 2 is 1.76 bits per heavy atom. The molecule has 6 heteroatoms. The van der Waals surface area contributed by atoms with E-state index in [1.807, 2.05) is 0 Å². The third-order valence-electron chi connectivity index (χ3n) is 8.08. The van der Waals surface area contributed by atoms with Gasteiger partial charge in [-0.1, -0.05) is 6.92 Å². The van der Waals surface area contributed by atoms with Crippen LogP contribution in [-0.2, 0) is 4.79 Å². The Bertz CT molecular complexity index is 640. The summed E-state index contributed by atoms with van der Waals surface area (Å²) >= 11 is 0. The second kappa shape index (κ2) is 5.24. The van der Waals surface area contributed by atoms with Crippen LogP contribution < -0.4 is 0 Å². The van der Waals surface area contributed by atoms with Crippen molar-refractivity contribution in [2.45, 2.75) is 70.1 Å². The van der Waals surface area contributed by atoms with Crippen molar-refractivity contribution >= 4 is 5.78 Å². The number of rotatable bonds is 0. The molecule has 4 rings (SSSR count). The molecule has 0 radical (unpaired) electrons. The Morgan fingerprint density at radius 3 is 2.44 bits per heavy atom. The van der Waals surface area contributed by atoms with Gasteiger partial charge in [0.1, 0.15) is 0 Å². The van der Waals surface area contributed by atoms with E-state index in [4.69, 9.17) is 0 Å². The monoisotopic (exact) mass is 358 g/mol. The molecule has 0 aromatic rings. The molecule has 0 aliphatic heterocycles. The number of allylic oxidation sites excluding steroid dienone is 1. The van der Waals surface area contributed by atoms with Crippen LogP contribution in [0.15, 0.2) is 11.3 Å². The summed E-state index contributed by atoms with van der Waals surface area (Å²) in [6.45, 7) is 1.63. The first-order chi connectivity index (χ1) is 11.6. The molecule has 0 saturated heterocycles. The van der Waals surface area contributed by atoms with Crippen LogP contribution in [0.3, 0.4) is 0 Å². The minimum Gasteiger partial charge on any atom is -0.504 e. The number of Topliss-reactive ketones (excluding diaryl/α,β-unsaturated/α-hetero) is 1. The highest BCUT2D eigenvalue weighted by molar-refractivity contribution is 5.94. The number of alkyl halides is 3. The number of aliphatic hydroxyl groups excluding tert-OH is 1. The molecule has 2 N–H and O–H groups in total. The fourth-order valence-corrected chi connectivity index (χ4v) is 6.75. The van der Waals surface area contributed by atoms with Gasteiger partial charge < -0.3 is 10.2 Å². The summed E-state index contributed by atoms with van der Waals surface area (Å²) in [4.78, 5) is 11.8. The zero-order valence-corrected chi connectivity index (χ0v) is 14.4. The lowest BCUT2D eigenvalue weighted by atomic mass is 9.50. The number of hydrogen-bond acceptors (Lipinski definition) is 3. The zero-order chi connectivity index (χ0) is 18.2. The van der Waals surface area contributed by atoms with Gasteiger partial charge in [0.2, 0.25) is 0 Å². The van der Waals surface area contributed by atoms with E-state index in [1.165, 1.54) is 0 Å². The van der Waals surface area contributed by atoms with Crippen molar-refractivity contribution in [1.82, 2.24) is 0 Å². The first-order valence-electron chi connectivity index (χ1n) is 9.34. The van der Waals surface area contributed by atoms with Crippen LogP contribution in [0.4, 0.5) is 13.2 Å². The van der Waals surface area contributed by atoms with Crippen LogP contribution >= 0.6 is 0 Å². The summed E-state index contributed by atoms with van der Waals surface area (Å²) in [6.07, 6.45) is -1.08. The van der Waals surface area contributed by atoms with Gasteiger partial charge in [-0.3, -0.25) is 4.79 Å². The van der Waals surface area contributed by atoms with Crippen LogP contribution in [0, 0.1) is 29.1 Å². The van der Waals surface area contributed by atoms with E-state index in [-0.39, 0.29) is 41.6 Å². The van der Waals surface area contributed by atoms with E-state index < -0.39 is 17.2 Å². The number of ketones is 1. The zero-order valence-electron chi connectivity index (χ0n) is 14.4. The van der Waals surface area contributed by atoms with Crippen LogP contribution in [0.25, 0.3) is 0 Å². The van der Waals surface area contributed by atoms with Gasteiger partial charge in [0, 0.05) is 11.8 Å².